The number of nitrogens with two attached hydrogens (primary N) is 2. The zero-order valence-electron chi connectivity index (χ0n) is 7.92. The van der Waals surface area contributed by atoms with Crippen molar-refractivity contribution in [2.45, 2.75) is 18.9 Å². The van der Waals surface area contributed by atoms with Gasteiger partial charge < -0.3 is 21.3 Å². The van der Waals surface area contributed by atoms with Crippen molar-refractivity contribution in [3.05, 3.63) is 0 Å². The van der Waals surface area contributed by atoms with Crippen molar-refractivity contribution in [1.29, 1.82) is 0 Å². The fourth-order valence-electron chi connectivity index (χ4n) is 0.861. The van der Waals surface area contributed by atoms with Crippen LogP contribution in [0.15, 0.2) is 0 Å². The molecule has 0 aliphatic rings. The van der Waals surface area contributed by atoms with Crippen LogP contribution in [0.25, 0.3) is 0 Å². The van der Waals surface area contributed by atoms with Crippen LogP contribution in [0.5, 0.6) is 0 Å². The van der Waals surface area contributed by atoms with Crippen molar-refractivity contribution in [2.75, 3.05) is 6.29 Å². The van der Waals surface area contributed by atoms with E-state index in [4.69, 9.17) is 21.3 Å². The number of rotatable bonds is 7. The Bertz CT molecular complexity index is 288. The number of hydrogen-bond acceptors (Lipinski definition) is 4. The number of nitrogens with one attached hydrogen (secondary N) is 1. The van der Waals surface area contributed by atoms with E-state index in [-0.39, 0.29) is 12.8 Å². The number of primary amides is 2. The van der Waals surface area contributed by atoms with Crippen molar-refractivity contribution < 1.29 is 23.9 Å². The van der Waals surface area contributed by atoms with Gasteiger partial charge in [-0.2, -0.15) is 0 Å². The van der Waals surface area contributed by atoms with Crippen LogP contribution in [0, 0.1) is 0 Å². The predicted octanol–water partition coefficient (Wildman–Crippen LogP) is -2.17. The molecule has 88 valence electrons. The van der Waals surface area contributed by atoms with Gasteiger partial charge in [0, 0.05) is 6.42 Å². The van der Waals surface area contributed by atoms with E-state index in [0.717, 1.165) is 0 Å². The highest BCUT2D eigenvalue weighted by atomic mass is 31.2. The molecule has 1 unspecified atom stereocenters. The molecule has 1 atom stereocenters. The quantitative estimate of drug-likeness (QED) is 0.318. The number of hydrogen-bond donors (Lipinski definition) is 5. The maximum atomic E-state index is 10.8. The summed E-state index contributed by atoms with van der Waals surface area (Å²) in [5.74, 6) is -1.40. The average Bonchev–Trinajstić information content (AvgIpc) is 2.00. The molecule has 0 aromatic rings. The molecule has 0 bridgehead atoms. The lowest BCUT2D eigenvalue weighted by molar-refractivity contribution is -0.120. The maximum absolute atomic E-state index is 10.8. The van der Waals surface area contributed by atoms with Gasteiger partial charge in [0.2, 0.25) is 11.8 Å². The maximum Gasteiger partial charge on any atom is 0.339 e. The lowest BCUT2D eigenvalue weighted by Crippen LogP contribution is -2.42. The van der Waals surface area contributed by atoms with E-state index in [9.17, 15) is 14.2 Å². The van der Waals surface area contributed by atoms with E-state index >= 15 is 0 Å². The van der Waals surface area contributed by atoms with Crippen LogP contribution in [-0.2, 0) is 14.2 Å². The first kappa shape index (κ1) is 14.1. The van der Waals surface area contributed by atoms with Gasteiger partial charge >= 0.3 is 7.60 Å². The van der Waals surface area contributed by atoms with Gasteiger partial charge in [-0.25, -0.2) is 0 Å². The minimum absolute atomic E-state index is 0.0185. The van der Waals surface area contributed by atoms with Crippen LogP contribution >= 0.6 is 7.60 Å². The van der Waals surface area contributed by atoms with E-state index in [1.165, 1.54) is 0 Å². The molecule has 15 heavy (non-hydrogen) atoms. The standard InChI is InChI=1S/C6H14N3O5P/c7-5(10)2-1-4(6(8)11)9-3-15(12,13)14/h4,9H,1-3H2,(H2,7,10)(H2,8,11)(H2,12,13,14). The Balaban J connectivity index is 4.11. The Kier molecular flexibility index (Phi) is 5.45. The highest BCUT2D eigenvalue weighted by Gasteiger charge is 2.20. The molecule has 0 rings (SSSR count). The first-order chi connectivity index (χ1) is 6.72. The Morgan fingerprint density at radius 1 is 1.33 bits per heavy atom. The fourth-order valence-corrected chi connectivity index (χ4v) is 1.32. The highest BCUT2D eigenvalue weighted by Crippen LogP contribution is 2.32. The van der Waals surface area contributed by atoms with E-state index in [1.54, 1.807) is 0 Å². The fraction of sp³-hybridized carbons (Fsp3) is 0.667. The molecular weight excluding hydrogens is 225 g/mol. The van der Waals surface area contributed by atoms with Gasteiger partial charge in [0.05, 0.1) is 12.3 Å². The SMILES string of the molecule is NC(=O)CCC(NCP(=O)(O)O)C(N)=O. The molecule has 0 saturated heterocycles. The third-order valence-corrected chi connectivity index (χ3v) is 2.16. The highest BCUT2D eigenvalue weighted by molar-refractivity contribution is 7.51. The van der Waals surface area contributed by atoms with Gasteiger partial charge in [-0.1, -0.05) is 0 Å². The molecule has 0 aliphatic carbocycles. The summed E-state index contributed by atoms with van der Waals surface area (Å²) in [6.07, 6.45) is -0.730. The zero-order valence-corrected chi connectivity index (χ0v) is 8.81. The van der Waals surface area contributed by atoms with Crippen molar-refractivity contribution in [3.63, 3.8) is 0 Å². The summed E-state index contributed by atoms with van der Waals surface area (Å²) in [5, 5.41) is 2.27. The minimum Gasteiger partial charge on any atom is -0.370 e. The van der Waals surface area contributed by atoms with Crippen molar-refractivity contribution >= 4 is 19.4 Å². The van der Waals surface area contributed by atoms with Crippen LogP contribution in [0.3, 0.4) is 0 Å². The Morgan fingerprint density at radius 2 is 1.87 bits per heavy atom. The molecule has 2 amide bonds. The second-order valence-corrected chi connectivity index (χ2v) is 4.63. The largest absolute Gasteiger partial charge is 0.370 e. The van der Waals surface area contributed by atoms with Crippen LogP contribution in [-0.4, -0.2) is 33.9 Å². The second kappa shape index (κ2) is 5.82. The van der Waals surface area contributed by atoms with Crippen molar-refractivity contribution in [3.8, 4) is 0 Å². The summed E-state index contributed by atoms with van der Waals surface area (Å²) in [5.41, 5.74) is 9.80. The monoisotopic (exact) mass is 239 g/mol. The lowest BCUT2D eigenvalue weighted by Gasteiger charge is -2.14. The predicted molar refractivity (Wildman–Crippen MR) is 51.5 cm³/mol. The minimum atomic E-state index is -4.24. The molecule has 7 N–H and O–H groups in total. The summed E-state index contributed by atoms with van der Waals surface area (Å²) in [6.45, 7) is 0. The third-order valence-electron chi connectivity index (χ3n) is 1.57. The zero-order chi connectivity index (χ0) is 12.1. The summed E-state index contributed by atoms with van der Waals surface area (Å²) < 4.78 is 10.5. The molecule has 0 fully saturated rings. The molecule has 0 radical (unpaired) electrons. The van der Waals surface area contributed by atoms with E-state index in [0.29, 0.717) is 0 Å². The topological polar surface area (TPSA) is 156 Å². The summed E-state index contributed by atoms with van der Waals surface area (Å²) in [4.78, 5) is 38.3. The molecule has 0 aliphatic heterocycles. The normalized spacial score (nSPS) is 13.5. The second-order valence-electron chi connectivity index (χ2n) is 2.99. The van der Waals surface area contributed by atoms with Gasteiger partial charge in [-0.3, -0.25) is 19.5 Å². The number of carbonyl (C=O) groups is 2. The van der Waals surface area contributed by atoms with Crippen LogP contribution in [0.2, 0.25) is 0 Å². The first-order valence-electron chi connectivity index (χ1n) is 4.08. The third kappa shape index (κ3) is 8.07. The Hall–Kier alpha value is -0.950. The van der Waals surface area contributed by atoms with E-state index < -0.39 is 31.7 Å². The molecule has 0 aromatic heterocycles. The molecular formula is C6H14N3O5P. The smallest absolute Gasteiger partial charge is 0.339 e. The molecule has 0 spiro atoms. The van der Waals surface area contributed by atoms with E-state index in [2.05, 4.69) is 5.32 Å². The molecule has 0 heterocycles. The summed E-state index contributed by atoms with van der Waals surface area (Å²) in [6, 6.07) is -0.967. The van der Waals surface area contributed by atoms with Gasteiger partial charge in [0.15, 0.2) is 0 Å². The number of carbonyl (C=O) groups excluding carboxylic acids is 2. The summed E-state index contributed by atoms with van der Waals surface area (Å²) >= 11 is 0. The molecule has 8 nitrogen and oxygen atoms in total. The Morgan fingerprint density at radius 3 is 2.20 bits per heavy atom. The molecule has 0 aromatic carbocycles. The number of amides is 2. The van der Waals surface area contributed by atoms with Crippen LogP contribution in [0.1, 0.15) is 12.8 Å². The molecule has 0 saturated carbocycles. The van der Waals surface area contributed by atoms with Crippen LogP contribution in [0.4, 0.5) is 0 Å². The van der Waals surface area contributed by atoms with E-state index in [1.807, 2.05) is 0 Å². The van der Waals surface area contributed by atoms with Gasteiger partial charge in [0.1, 0.15) is 0 Å². The van der Waals surface area contributed by atoms with Gasteiger partial charge in [-0.05, 0) is 6.42 Å². The van der Waals surface area contributed by atoms with Crippen molar-refractivity contribution in [2.24, 2.45) is 11.5 Å². The first-order valence-corrected chi connectivity index (χ1v) is 5.87. The lowest BCUT2D eigenvalue weighted by atomic mass is 10.1. The Labute approximate surface area is 86.2 Å². The summed E-state index contributed by atoms with van der Waals surface area (Å²) in [7, 11) is -4.24. The van der Waals surface area contributed by atoms with Crippen molar-refractivity contribution in [1.82, 2.24) is 5.32 Å². The van der Waals surface area contributed by atoms with Gasteiger partial charge in [0.25, 0.3) is 0 Å². The van der Waals surface area contributed by atoms with Gasteiger partial charge in [-0.15, -0.1) is 0 Å². The van der Waals surface area contributed by atoms with Crippen LogP contribution < -0.4 is 16.8 Å². The molecule has 9 heteroatoms. The average molecular weight is 239 g/mol.